The number of nitrogens with two attached hydrogens (primary N) is 1. The molecular formula is C17H17ClN2O2. The first-order valence-electron chi connectivity index (χ1n) is 6.90. The Balaban J connectivity index is 2.26. The molecule has 0 fully saturated rings. The molecule has 0 aliphatic carbocycles. The van der Waals surface area contributed by atoms with Crippen LogP contribution in [0.4, 0.5) is 0 Å². The standard InChI is InChI=1S/C17H17ClN2O2/c18-16-7-5-12(14(11-19)10-17(21)22)9-13(16)4-6-15-3-1-2-8-20-15/h1-9,14H,10-11,19H2,(H,21,22)/b6-4+/t14-/m0/s1. The molecule has 0 unspecified atom stereocenters. The highest BCUT2D eigenvalue weighted by Crippen LogP contribution is 2.26. The van der Waals surface area contributed by atoms with Crippen LogP contribution in [-0.4, -0.2) is 22.6 Å². The number of carboxylic acid groups (broad SMARTS) is 1. The number of rotatable bonds is 6. The molecule has 0 saturated heterocycles. The summed E-state index contributed by atoms with van der Waals surface area (Å²) in [4.78, 5) is 15.1. The molecule has 3 N–H and O–H groups in total. The van der Waals surface area contributed by atoms with E-state index in [9.17, 15) is 4.79 Å². The highest BCUT2D eigenvalue weighted by Gasteiger charge is 2.14. The number of carboxylic acids is 1. The monoisotopic (exact) mass is 316 g/mol. The number of aliphatic carboxylic acids is 1. The first kappa shape index (κ1) is 16.2. The van der Waals surface area contributed by atoms with Gasteiger partial charge in [0.2, 0.25) is 0 Å². The van der Waals surface area contributed by atoms with E-state index < -0.39 is 5.97 Å². The highest BCUT2D eigenvalue weighted by molar-refractivity contribution is 6.32. The largest absolute Gasteiger partial charge is 0.481 e. The van der Waals surface area contributed by atoms with E-state index in [1.165, 1.54) is 0 Å². The Morgan fingerprint density at radius 3 is 2.77 bits per heavy atom. The zero-order chi connectivity index (χ0) is 15.9. The van der Waals surface area contributed by atoms with Crippen molar-refractivity contribution in [1.29, 1.82) is 0 Å². The molecule has 0 radical (unpaired) electrons. The van der Waals surface area contributed by atoms with Gasteiger partial charge in [-0.3, -0.25) is 9.78 Å². The topological polar surface area (TPSA) is 76.2 Å². The Kier molecular flexibility index (Phi) is 5.69. The molecule has 0 aliphatic rings. The second kappa shape index (κ2) is 7.73. The van der Waals surface area contributed by atoms with Gasteiger partial charge in [0, 0.05) is 17.1 Å². The summed E-state index contributed by atoms with van der Waals surface area (Å²) in [5.41, 5.74) is 8.19. The fourth-order valence-corrected chi connectivity index (χ4v) is 2.32. The van der Waals surface area contributed by atoms with Crippen LogP contribution >= 0.6 is 11.6 Å². The van der Waals surface area contributed by atoms with Crippen LogP contribution in [0.2, 0.25) is 5.02 Å². The number of pyridine rings is 1. The zero-order valence-electron chi connectivity index (χ0n) is 11.9. The lowest BCUT2D eigenvalue weighted by molar-refractivity contribution is -0.137. The van der Waals surface area contributed by atoms with E-state index in [1.54, 1.807) is 12.3 Å². The minimum Gasteiger partial charge on any atom is -0.481 e. The van der Waals surface area contributed by atoms with Gasteiger partial charge in [0.15, 0.2) is 0 Å². The summed E-state index contributed by atoms with van der Waals surface area (Å²) in [5, 5.41) is 9.55. The third-order valence-electron chi connectivity index (χ3n) is 3.32. The number of nitrogens with zero attached hydrogens (tertiary/aromatic N) is 1. The average Bonchev–Trinajstić information content (AvgIpc) is 2.53. The predicted octanol–water partition coefficient (Wildman–Crippen LogP) is 3.42. The molecule has 5 heteroatoms. The second-order valence-electron chi connectivity index (χ2n) is 4.90. The number of halogens is 1. The number of aromatic nitrogens is 1. The molecule has 0 amide bonds. The Morgan fingerprint density at radius 2 is 2.14 bits per heavy atom. The highest BCUT2D eigenvalue weighted by atomic mass is 35.5. The molecule has 22 heavy (non-hydrogen) atoms. The van der Waals surface area contributed by atoms with Gasteiger partial charge in [0.05, 0.1) is 12.1 Å². The Labute approximate surface area is 134 Å². The van der Waals surface area contributed by atoms with Crippen LogP contribution in [0.25, 0.3) is 12.2 Å². The van der Waals surface area contributed by atoms with E-state index in [0.29, 0.717) is 5.02 Å². The van der Waals surface area contributed by atoms with Crippen molar-refractivity contribution in [2.45, 2.75) is 12.3 Å². The maximum atomic E-state index is 10.9. The fraction of sp³-hybridized carbons (Fsp3) is 0.176. The fourth-order valence-electron chi connectivity index (χ4n) is 2.14. The first-order chi connectivity index (χ1) is 10.6. The number of benzene rings is 1. The normalized spacial score (nSPS) is 12.5. The third kappa shape index (κ3) is 4.41. The molecule has 2 aromatic rings. The molecule has 1 aromatic carbocycles. The van der Waals surface area contributed by atoms with E-state index in [0.717, 1.165) is 16.8 Å². The van der Waals surface area contributed by atoms with E-state index >= 15 is 0 Å². The van der Waals surface area contributed by atoms with Crippen LogP contribution in [0.15, 0.2) is 42.6 Å². The molecule has 4 nitrogen and oxygen atoms in total. The van der Waals surface area contributed by atoms with Gasteiger partial charge in [0.25, 0.3) is 0 Å². The molecule has 0 saturated carbocycles. The summed E-state index contributed by atoms with van der Waals surface area (Å²) in [6, 6.07) is 11.1. The van der Waals surface area contributed by atoms with Crippen molar-refractivity contribution in [3.05, 3.63) is 64.4 Å². The van der Waals surface area contributed by atoms with Crippen molar-refractivity contribution in [2.75, 3.05) is 6.54 Å². The van der Waals surface area contributed by atoms with Crippen molar-refractivity contribution in [3.8, 4) is 0 Å². The quantitative estimate of drug-likeness (QED) is 0.856. The molecule has 114 valence electrons. The van der Waals surface area contributed by atoms with Gasteiger partial charge in [-0.2, -0.15) is 0 Å². The first-order valence-corrected chi connectivity index (χ1v) is 7.28. The summed E-state index contributed by atoms with van der Waals surface area (Å²) in [7, 11) is 0. The van der Waals surface area contributed by atoms with Crippen LogP contribution in [0.3, 0.4) is 0 Å². The lowest BCUT2D eigenvalue weighted by atomic mass is 9.94. The van der Waals surface area contributed by atoms with Gasteiger partial charge in [-0.05, 0) is 48.0 Å². The maximum Gasteiger partial charge on any atom is 0.304 e. The number of hydrogen-bond acceptors (Lipinski definition) is 3. The summed E-state index contributed by atoms with van der Waals surface area (Å²) in [6.07, 6.45) is 5.44. The Morgan fingerprint density at radius 1 is 1.32 bits per heavy atom. The Bertz CT molecular complexity index is 672. The molecule has 1 atom stereocenters. The molecule has 0 bridgehead atoms. The molecule has 1 aromatic heterocycles. The van der Waals surface area contributed by atoms with E-state index in [2.05, 4.69) is 4.98 Å². The smallest absolute Gasteiger partial charge is 0.304 e. The third-order valence-corrected chi connectivity index (χ3v) is 3.66. The van der Waals surface area contributed by atoms with E-state index in [1.807, 2.05) is 42.5 Å². The summed E-state index contributed by atoms with van der Waals surface area (Å²) >= 11 is 6.20. The van der Waals surface area contributed by atoms with Crippen LogP contribution in [0, 0.1) is 0 Å². The summed E-state index contributed by atoms with van der Waals surface area (Å²) in [5.74, 6) is -1.09. The molecule has 0 aliphatic heterocycles. The van der Waals surface area contributed by atoms with E-state index in [4.69, 9.17) is 22.4 Å². The minimum absolute atomic E-state index is 0.00152. The molecule has 0 spiro atoms. The SMILES string of the molecule is NC[C@H](CC(=O)O)c1ccc(Cl)c(/C=C/c2ccccn2)c1. The molecular weight excluding hydrogens is 300 g/mol. The lowest BCUT2D eigenvalue weighted by Crippen LogP contribution is -2.16. The van der Waals surface area contributed by atoms with Gasteiger partial charge in [-0.25, -0.2) is 0 Å². The Hall–Kier alpha value is -2.17. The van der Waals surface area contributed by atoms with Crippen molar-refractivity contribution in [2.24, 2.45) is 5.73 Å². The van der Waals surface area contributed by atoms with Gasteiger partial charge < -0.3 is 10.8 Å². The van der Waals surface area contributed by atoms with Crippen molar-refractivity contribution in [3.63, 3.8) is 0 Å². The number of carbonyl (C=O) groups is 1. The van der Waals surface area contributed by atoms with Crippen molar-refractivity contribution < 1.29 is 9.90 Å². The minimum atomic E-state index is -0.865. The van der Waals surface area contributed by atoms with Crippen LogP contribution in [-0.2, 0) is 4.79 Å². The van der Waals surface area contributed by atoms with E-state index in [-0.39, 0.29) is 18.9 Å². The summed E-state index contributed by atoms with van der Waals surface area (Å²) in [6.45, 7) is 0.275. The van der Waals surface area contributed by atoms with Crippen LogP contribution < -0.4 is 5.73 Å². The van der Waals surface area contributed by atoms with Gasteiger partial charge in [-0.1, -0.05) is 29.8 Å². The van der Waals surface area contributed by atoms with Crippen LogP contribution in [0.1, 0.15) is 29.2 Å². The number of hydrogen-bond donors (Lipinski definition) is 2. The maximum absolute atomic E-state index is 10.9. The second-order valence-corrected chi connectivity index (χ2v) is 5.31. The van der Waals surface area contributed by atoms with Gasteiger partial charge in [0.1, 0.15) is 0 Å². The average molecular weight is 317 g/mol. The van der Waals surface area contributed by atoms with Crippen molar-refractivity contribution >= 4 is 29.7 Å². The predicted molar refractivity (Wildman–Crippen MR) is 88.7 cm³/mol. The van der Waals surface area contributed by atoms with Crippen LogP contribution in [0.5, 0.6) is 0 Å². The lowest BCUT2D eigenvalue weighted by Gasteiger charge is -2.14. The molecule has 1 heterocycles. The van der Waals surface area contributed by atoms with Gasteiger partial charge in [-0.15, -0.1) is 0 Å². The van der Waals surface area contributed by atoms with Crippen molar-refractivity contribution in [1.82, 2.24) is 4.98 Å². The summed E-state index contributed by atoms with van der Waals surface area (Å²) < 4.78 is 0. The van der Waals surface area contributed by atoms with Gasteiger partial charge >= 0.3 is 5.97 Å². The zero-order valence-corrected chi connectivity index (χ0v) is 12.7. The molecule has 2 rings (SSSR count).